The monoisotopic (exact) mass is 424 g/mol. The maximum Gasteiger partial charge on any atom is 0.407 e. The lowest BCUT2D eigenvalue weighted by Gasteiger charge is -2.21. The minimum Gasteiger partial charge on any atom is -0.480 e. The van der Waals surface area contributed by atoms with Crippen molar-refractivity contribution in [1.29, 1.82) is 0 Å². The van der Waals surface area contributed by atoms with Gasteiger partial charge >= 0.3 is 12.1 Å². The summed E-state index contributed by atoms with van der Waals surface area (Å²) in [5.41, 5.74) is 4.47. The van der Waals surface area contributed by atoms with E-state index in [-0.39, 0.29) is 18.9 Å². The zero-order valence-electron chi connectivity index (χ0n) is 17.8. The van der Waals surface area contributed by atoms with E-state index >= 15 is 0 Å². The van der Waals surface area contributed by atoms with Crippen molar-refractivity contribution in [2.45, 2.75) is 51.1 Å². The van der Waals surface area contributed by atoms with E-state index in [2.05, 4.69) is 22.8 Å². The third-order valence-electron chi connectivity index (χ3n) is 5.55. The van der Waals surface area contributed by atoms with Crippen molar-refractivity contribution in [1.82, 2.24) is 10.6 Å². The maximum atomic E-state index is 12.5. The highest BCUT2D eigenvalue weighted by Crippen LogP contribution is 2.44. The first-order valence-electron chi connectivity index (χ1n) is 10.6. The summed E-state index contributed by atoms with van der Waals surface area (Å²) in [6.45, 7) is 3.70. The van der Waals surface area contributed by atoms with Crippen LogP contribution in [0.3, 0.4) is 0 Å². The summed E-state index contributed by atoms with van der Waals surface area (Å²) in [6.07, 6.45) is 0.585. The van der Waals surface area contributed by atoms with Gasteiger partial charge in [-0.25, -0.2) is 9.59 Å². The van der Waals surface area contributed by atoms with E-state index in [0.29, 0.717) is 12.8 Å². The molecule has 0 aliphatic heterocycles. The van der Waals surface area contributed by atoms with Crippen LogP contribution >= 0.6 is 0 Å². The highest BCUT2D eigenvalue weighted by molar-refractivity contribution is 5.89. The second-order valence-corrected chi connectivity index (χ2v) is 7.62. The van der Waals surface area contributed by atoms with Gasteiger partial charge in [0.1, 0.15) is 18.7 Å². The Hall–Kier alpha value is -3.35. The van der Waals surface area contributed by atoms with Crippen LogP contribution in [0.15, 0.2) is 48.5 Å². The van der Waals surface area contributed by atoms with Crippen LogP contribution < -0.4 is 10.6 Å². The molecule has 0 saturated carbocycles. The van der Waals surface area contributed by atoms with Crippen molar-refractivity contribution in [3.05, 3.63) is 59.7 Å². The van der Waals surface area contributed by atoms with E-state index in [4.69, 9.17) is 9.84 Å². The van der Waals surface area contributed by atoms with E-state index < -0.39 is 30.1 Å². The van der Waals surface area contributed by atoms with Crippen molar-refractivity contribution < 1.29 is 24.2 Å². The first kappa shape index (κ1) is 22.3. The summed E-state index contributed by atoms with van der Waals surface area (Å²) < 4.78 is 5.50. The van der Waals surface area contributed by atoms with Crippen LogP contribution in [0.25, 0.3) is 11.1 Å². The Morgan fingerprint density at radius 3 is 2.03 bits per heavy atom. The molecule has 7 heteroatoms. The number of nitrogens with one attached hydrogen (secondary N) is 2. The number of hydrogen-bond acceptors (Lipinski definition) is 4. The molecule has 2 aromatic rings. The smallest absolute Gasteiger partial charge is 0.407 e. The number of benzene rings is 2. The van der Waals surface area contributed by atoms with E-state index in [1.165, 1.54) is 0 Å². The van der Waals surface area contributed by atoms with Gasteiger partial charge in [-0.3, -0.25) is 4.79 Å². The molecule has 2 atom stereocenters. The molecule has 1 aliphatic rings. The lowest BCUT2D eigenvalue weighted by Crippen LogP contribution is -2.51. The van der Waals surface area contributed by atoms with Crippen molar-refractivity contribution in [2.75, 3.05) is 6.61 Å². The Morgan fingerprint density at radius 2 is 1.52 bits per heavy atom. The number of carbonyl (C=O) groups excluding carboxylic acids is 2. The lowest BCUT2D eigenvalue weighted by molar-refractivity contribution is -0.142. The lowest BCUT2D eigenvalue weighted by atomic mass is 9.98. The first-order chi connectivity index (χ1) is 15.0. The zero-order valence-corrected chi connectivity index (χ0v) is 17.8. The largest absolute Gasteiger partial charge is 0.480 e. The number of carboxylic acid groups (broad SMARTS) is 1. The standard InChI is InChI=1S/C24H28N2O5/c1-3-9-21(22(27)25-20(4-2)23(28)29)26-24(30)31-14-19-17-12-7-5-10-15(17)16-11-6-8-13-18(16)19/h5-8,10-13,19-21H,3-4,9,14H2,1-2H3,(H,25,27)(H,26,30)(H,28,29)/t20?,21-/m0/s1. The van der Waals surface area contributed by atoms with Crippen LogP contribution in [0.5, 0.6) is 0 Å². The first-order valence-corrected chi connectivity index (χ1v) is 10.6. The van der Waals surface area contributed by atoms with Gasteiger partial charge < -0.3 is 20.5 Å². The predicted octanol–water partition coefficient (Wildman–Crippen LogP) is 3.67. The molecule has 31 heavy (non-hydrogen) atoms. The molecule has 3 rings (SSSR count). The van der Waals surface area contributed by atoms with Gasteiger partial charge in [0.2, 0.25) is 5.91 Å². The molecule has 0 aromatic heterocycles. The highest BCUT2D eigenvalue weighted by atomic mass is 16.5. The fourth-order valence-corrected chi connectivity index (χ4v) is 3.95. The van der Waals surface area contributed by atoms with Crippen molar-refractivity contribution in [3.8, 4) is 11.1 Å². The second kappa shape index (κ2) is 10.1. The van der Waals surface area contributed by atoms with Gasteiger partial charge in [-0.15, -0.1) is 0 Å². The Balaban J connectivity index is 1.64. The number of fused-ring (bicyclic) bond motifs is 3. The van der Waals surface area contributed by atoms with Crippen molar-refractivity contribution in [3.63, 3.8) is 0 Å². The van der Waals surface area contributed by atoms with Gasteiger partial charge in [-0.1, -0.05) is 68.8 Å². The molecule has 3 N–H and O–H groups in total. The number of alkyl carbamates (subject to hydrolysis) is 1. The van der Waals surface area contributed by atoms with Crippen LogP contribution in [-0.2, 0) is 14.3 Å². The van der Waals surface area contributed by atoms with Crippen molar-refractivity contribution >= 4 is 18.0 Å². The summed E-state index contributed by atoms with van der Waals surface area (Å²) in [5, 5.41) is 14.2. The molecule has 164 valence electrons. The number of carbonyl (C=O) groups is 3. The summed E-state index contributed by atoms with van der Waals surface area (Å²) in [7, 11) is 0. The molecule has 2 aromatic carbocycles. The molecule has 1 aliphatic carbocycles. The molecule has 7 nitrogen and oxygen atoms in total. The second-order valence-electron chi connectivity index (χ2n) is 7.62. The van der Waals surface area contributed by atoms with Crippen molar-refractivity contribution in [2.24, 2.45) is 0 Å². The van der Waals surface area contributed by atoms with E-state index in [1.54, 1.807) is 6.92 Å². The third kappa shape index (κ3) is 5.05. The average molecular weight is 424 g/mol. The number of carboxylic acids is 1. The van der Waals surface area contributed by atoms with Gasteiger partial charge in [0.05, 0.1) is 0 Å². The van der Waals surface area contributed by atoms with E-state index in [1.807, 2.05) is 43.3 Å². The van der Waals surface area contributed by atoms with Crippen LogP contribution in [-0.4, -0.2) is 41.8 Å². The molecule has 0 spiro atoms. The normalized spacial score (nSPS) is 14.1. The Labute approximate surface area is 181 Å². The maximum absolute atomic E-state index is 12.5. The molecule has 0 fully saturated rings. The molecule has 0 radical (unpaired) electrons. The molecule has 2 amide bonds. The summed E-state index contributed by atoms with van der Waals surface area (Å²) in [4.78, 5) is 36.2. The average Bonchev–Trinajstić information content (AvgIpc) is 3.09. The minimum absolute atomic E-state index is 0.0758. The quantitative estimate of drug-likeness (QED) is 0.570. The van der Waals surface area contributed by atoms with Gasteiger partial charge in [0, 0.05) is 5.92 Å². The molecular weight excluding hydrogens is 396 g/mol. The Kier molecular flexibility index (Phi) is 7.28. The predicted molar refractivity (Wildman–Crippen MR) is 117 cm³/mol. The molecule has 0 saturated heterocycles. The zero-order chi connectivity index (χ0) is 22.4. The summed E-state index contributed by atoms with van der Waals surface area (Å²) in [5.74, 6) is -1.70. The van der Waals surface area contributed by atoms with E-state index in [0.717, 1.165) is 22.3 Å². The summed E-state index contributed by atoms with van der Waals surface area (Å²) >= 11 is 0. The Bertz CT molecular complexity index is 913. The molecule has 0 bridgehead atoms. The van der Waals surface area contributed by atoms with Crippen LogP contribution in [0.4, 0.5) is 4.79 Å². The fraction of sp³-hybridized carbons (Fsp3) is 0.375. The van der Waals surface area contributed by atoms with E-state index in [9.17, 15) is 14.4 Å². The highest BCUT2D eigenvalue weighted by Gasteiger charge is 2.30. The molecule has 1 unspecified atom stereocenters. The number of hydrogen-bond donors (Lipinski definition) is 3. The topological polar surface area (TPSA) is 105 Å². The fourth-order valence-electron chi connectivity index (χ4n) is 3.95. The van der Waals surface area contributed by atoms with Gasteiger partial charge in [0.25, 0.3) is 0 Å². The summed E-state index contributed by atoms with van der Waals surface area (Å²) in [6, 6.07) is 14.2. The van der Waals surface area contributed by atoms with Gasteiger partial charge in [0.15, 0.2) is 0 Å². The number of aliphatic carboxylic acids is 1. The van der Waals surface area contributed by atoms with Crippen LogP contribution in [0.1, 0.15) is 50.2 Å². The SMILES string of the molecule is CCC[C@H](NC(=O)OCC1c2ccccc2-c2ccccc21)C(=O)NC(CC)C(=O)O. The Morgan fingerprint density at radius 1 is 0.935 bits per heavy atom. The number of amides is 2. The number of ether oxygens (including phenoxy) is 1. The third-order valence-corrected chi connectivity index (χ3v) is 5.55. The molecular formula is C24H28N2O5. The van der Waals surface area contributed by atoms with Gasteiger partial charge in [-0.2, -0.15) is 0 Å². The van der Waals surface area contributed by atoms with Crippen LogP contribution in [0.2, 0.25) is 0 Å². The van der Waals surface area contributed by atoms with Gasteiger partial charge in [-0.05, 0) is 35.1 Å². The minimum atomic E-state index is -1.10. The number of rotatable bonds is 9. The molecule has 0 heterocycles. The van der Waals surface area contributed by atoms with Crippen LogP contribution in [0, 0.1) is 0 Å².